The van der Waals surface area contributed by atoms with Crippen LogP contribution in [0.25, 0.3) is 0 Å². The first-order valence-electron chi connectivity index (χ1n) is 15.2. The molecule has 1 aromatic heterocycles. The van der Waals surface area contributed by atoms with Crippen LogP contribution in [0, 0.1) is 10.1 Å². The number of amides is 1. The summed E-state index contributed by atoms with van der Waals surface area (Å²) in [4.78, 5) is 22.9. The van der Waals surface area contributed by atoms with E-state index in [1.165, 1.54) is 40.2 Å². The molecule has 1 amide bonds. The standard InChI is InChI=1S/C34H41N4O5P.ClH/c1-37-25-31(24-35-37)44(29-14-8-6-9-15-29,30-16-10-7-11-17-30)23-13-5-3-2-4-12-18-33(40)36-32(26-39)34(41)27-19-21-28(22-20-27)38(42)43;/h6-11,14-17,19-22,24-25,32,34,39,41H,2-5,12-13,18,23,26H2,1H3;1H/t32-,34-;/m1./s1. The van der Waals surface area contributed by atoms with Gasteiger partial charge in [-0.25, -0.2) is 0 Å². The van der Waals surface area contributed by atoms with Gasteiger partial charge in [-0.15, -0.1) is 0 Å². The highest BCUT2D eigenvalue weighted by Crippen LogP contribution is 2.56. The first-order valence-corrected chi connectivity index (χ1v) is 17.1. The Morgan fingerprint density at radius 1 is 0.889 bits per heavy atom. The Kier molecular flexibility index (Phi) is 14.2. The molecule has 9 nitrogen and oxygen atoms in total. The minimum Gasteiger partial charge on any atom is -1.00 e. The smallest absolute Gasteiger partial charge is 0.269 e. The minimum atomic E-state index is -1.87. The lowest BCUT2D eigenvalue weighted by molar-refractivity contribution is -0.384. The van der Waals surface area contributed by atoms with Crippen LogP contribution < -0.4 is 33.6 Å². The quantitative estimate of drug-likeness (QED) is 0.0687. The van der Waals surface area contributed by atoms with Crippen molar-refractivity contribution in [1.29, 1.82) is 0 Å². The van der Waals surface area contributed by atoms with E-state index in [-0.39, 0.29) is 24.0 Å². The third kappa shape index (κ3) is 9.44. The third-order valence-electron chi connectivity index (χ3n) is 8.04. The fraction of sp³-hybridized carbons (Fsp3) is 0.353. The molecule has 3 aromatic carbocycles. The van der Waals surface area contributed by atoms with Crippen molar-refractivity contribution in [3.8, 4) is 0 Å². The molecule has 0 fully saturated rings. The van der Waals surface area contributed by atoms with E-state index in [4.69, 9.17) is 0 Å². The zero-order valence-electron chi connectivity index (χ0n) is 25.5. The van der Waals surface area contributed by atoms with E-state index in [9.17, 15) is 25.1 Å². The van der Waals surface area contributed by atoms with Crippen molar-refractivity contribution in [2.75, 3.05) is 12.8 Å². The van der Waals surface area contributed by atoms with E-state index < -0.39 is 30.9 Å². The number of aliphatic hydroxyl groups excluding tert-OH is 2. The van der Waals surface area contributed by atoms with E-state index >= 15 is 0 Å². The van der Waals surface area contributed by atoms with Crippen molar-refractivity contribution in [2.24, 2.45) is 7.05 Å². The molecular formula is C34H42ClN4O5P. The number of hydrogen-bond acceptors (Lipinski definition) is 6. The number of benzene rings is 3. The highest BCUT2D eigenvalue weighted by molar-refractivity contribution is 7.95. The van der Waals surface area contributed by atoms with Crippen LogP contribution in [0.1, 0.15) is 56.6 Å². The van der Waals surface area contributed by atoms with Gasteiger partial charge in [0.25, 0.3) is 5.69 Å². The van der Waals surface area contributed by atoms with Crippen LogP contribution in [0.5, 0.6) is 0 Å². The molecule has 11 heteroatoms. The van der Waals surface area contributed by atoms with Gasteiger partial charge in [-0.3, -0.25) is 19.6 Å². The van der Waals surface area contributed by atoms with Crippen LogP contribution in [0.2, 0.25) is 0 Å². The topological polar surface area (TPSA) is 131 Å². The number of rotatable bonds is 17. The van der Waals surface area contributed by atoms with E-state index in [0.29, 0.717) is 12.0 Å². The van der Waals surface area contributed by atoms with Gasteiger partial charge in [-0.2, -0.15) is 5.10 Å². The fourth-order valence-electron chi connectivity index (χ4n) is 5.68. The summed E-state index contributed by atoms with van der Waals surface area (Å²) in [5.74, 6) is -0.234. The molecule has 0 bridgehead atoms. The molecule has 0 aliphatic heterocycles. The van der Waals surface area contributed by atoms with Crippen LogP contribution in [0.3, 0.4) is 0 Å². The SMILES string of the molecule is Cn1cc([P+](CCCCCCCCC(=O)N[C@H](CO)[C@H](O)c2ccc([N+](=O)[O-])cc2)(c2ccccc2)c2ccccc2)cn1.[Cl-]. The maximum absolute atomic E-state index is 12.5. The van der Waals surface area contributed by atoms with Crippen molar-refractivity contribution in [3.63, 3.8) is 0 Å². The number of hydrogen-bond donors (Lipinski definition) is 3. The van der Waals surface area contributed by atoms with Crippen LogP contribution >= 0.6 is 7.26 Å². The summed E-state index contributed by atoms with van der Waals surface area (Å²) in [5, 5.41) is 42.4. The molecule has 0 radical (unpaired) electrons. The Morgan fingerprint density at radius 3 is 1.96 bits per heavy atom. The Bertz CT molecular complexity index is 1430. The minimum absolute atomic E-state index is 0. The van der Waals surface area contributed by atoms with Crippen molar-refractivity contribution >= 4 is 34.8 Å². The molecule has 4 rings (SSSR count). The van der Waals surface area contributed by atoms with Gasteiger partial charge in [0, 0.05) is 25.6 Å². The van der Waals surface area contributed by atoms with Gasteiger partial charge in [-0.1, -0.05) is 55.7 Å². The molecule has 0 aliphatic carbocycles. The summed E-state index contributed by atoms with van der Waals surface area (Å²) in [6, 6.07) is 26.2. The molecule has 1 heterocycles. The first-order chi connectivity index (χ1) is 21.3. The number of carbonyl (C=O) groups excluding carboxylic acids is 1. The molecular weight excluding hydrogens is 611 g/mol. The molecule has 2 atom stereocenters. The van der Waals surface area contributed by atoms with Gasteiger partial charge >= 0.3 is 0 Å². The van der Waals surface area contributed by atoms with Gasteiger partial charge in [0.05, 0.1) is 36.1 Å². The number of nitrogens with one attached hydrogen (secondary N) is 1. The molecule has 45 heavy (non-hydrogen) atoms. The van der Waals surface area contributed by atoms with E-state index in [2.05, 4.69) is 77.3 Å². The number of nitro groups is 1. The van der Waals surface area contributed by atoms with Crippen LogP contribution in [-0.4, -0.2) is 49.6 Å². The van der Waals surface area contributed by atoms with E-state index in [0.717, 1.165) is 44.7 Å². The average molecular weight is 653 g/mol. The summed E-state index contributed by atoms with van der Waals surface area (Å²) in [5.41, 5.74) is 0.303. The summed E-state index contributed by atoms with van der Waals surface area (Å²) < 4.78 is 1.89. The lowest BCUT2D eigenvalue weighted by Crippen LogP contribution is -3.00. The number of nitro benzene ring substituents is 1. The molecule has 0 saturated carbocycles. The lowest BCUT2D eigenvalue weighted by atomic mass is 10.0. The van der Waals surface area contributed by atoms with Gasteiger partial charge < -0.3 is 27.9 Å². The van der Waals surface area contributed by atoms with Crippen molar-refractivity contribution in [3.05, 3.63) is 113 Å². The molecule has 3 N–H and O–H groups in total. The van der Waals surface area contributed by atoms with Crippen LogP contribution in [-0.2, 0) is 11.8 Å². The van der Waals surface area contributed by atoms with Crippen molar-refractivity contribution in [1.82, 2.24) is 15.1 Å². The molecule has 0 spiro atoms. The van der Waals surface area contributed by atoms with Crippen LogP contribution in [0.15, 0.2) is 97.3 Å². The predicted molar refractivity (Wildman–Crippen MR) is 176 cm³/mol. The Morgan fingerprint density at radius 2 is 1.44 bits per heavy atom. The summed E-state index contributed by atoms with van der Waals surface area (Å²) in [6.45, 7) is -0.445. The zero-order valence-corrected chi connectivity index (χ0v) is 27.2. The first kappa shape index (κ1) is 35.9. The number of aryl methyl sites for hydroxylation is 1. The maximum Gasteiger partial charge on any atom is 0.269 e. The second kappa shape index (κ2) is 17.8. The van der Waals surface area contributed by atoms with Gasteiger partial charge in [0.2, 0.25) is 5.91 Å². The highest BCUT2D eigenvalue weighted by Gasteiger charge is 2.45. The summed E-state index contributed by atoms with van der Waals surface area (Å²) in [6.07, 6.45) is 10.3. The monoisotopic (exact) mass is 652 g/mol. The molecule has 0 unspecified atom stereocenters. The Labute approximate surface area is 271 Å². The third-order valence-corrected chi connectivity index (χ3v) is 12.5. The Hall–Kier alpha value is -3.62. The van der Waals surface area contributed by atoms with Gasteiger partial charge in [0.15, 0.2) is 0 Å². The molecule has 0 saturated heterocycles. The molecule has 0 aliphatic rings. The predicted octanol–water partition coefficient (Wildman–Crippen LogP) is 1.57. The largest absolute Gasteiger partial charge is 1.00 e. The van der Waals surface area contributed by atoms with Crippen molar-refractivity contribution < 1.29 is 32.3 Å². The van der Waals surface area contributed by atoms with Gasteiger partial charge in [0.1, 0.15) is 29.3 Å². The molecule has 4 aromatic rings. The maximum atomic E-state index is 12.5. The normalized spacial score (nSPS) is 12.6. The number of aliphatic hydroxyl groups is 2. The fourth-order valence-corrected chi connectivity index (χ4v) is 10.0. The number of non-ortho nitro benzene ring substituents is 1. The van der Waals surface area contributed by atoms with Crippen LogP contribution in [0.4, 0.5) is 5.69 Å². The summed E-state index contributed by atoms with van der Waals surface area (Å²) >= 11 is 0. The second-order valence-corrected chi connectivity index (χ2v) is 14.7. The summed E-state index contributed by atoms with van der Waals surface area (Å²) in [7, 11) is 0.104. The number of aromatic nitrogens is 2. The number of carbonyl (C=O) groups is 1. The van der Waals surface area contributed by atoms with E-state index in [1.54, 1.807) is 0 Å². The molecule has 240 valence electrons. The average Bonchev–Trinajstić information content (AvgIpc) is 3.49. The number of halogens is 1. The van der Waals surface area contributed by atoms with Gasteiger partial charge in [-0.05, 0) is 61.2 Å². The Balaban J connectivity index is 0.00000552. The van der Waals surface area contributed by atoms with Crippen molar-refractivity contribution in [2.45, 2.75) is 57.1 Å². The highest BCUT2D eigenvalue weighted by atomic mass is 35.5. The lowest BCUT2D eigenvalue weighted by Gasteiger charge is -2.26. The second-order valence-electron chi connectivity index (χ2n) is 11.1. The zero-order chi connectivity index (χ0) is 31.4. The number of nitrogens with zero attached hydrogens (tertiary/aromatic N) is 3. The van der Waals surface area contributed by atoms with E-state index in [1.807, 2.05) is 17.9 Å². The number of unbranched alkanes of at least 4 members (excludes halogenated alkanes) is 5.